The van der Waals surface area contributed by atoms with E-state index in [9.17, 15) is 9.00 Å². The Balaban J connectivity index is 0.00000264. The summed E-state index contributed by atoms with van der Waals surface area (Å²) in [6, 6.07) is 7.59. The standard InChI is InChI=1S/C17H26N2O2S.ClH/c1-22(21)12-14-6-5-7-15(10-14)19-16(20)11-17(13-18)8-3-2-4-9-17;/h5-7,10H,2-4,8-9,11-13,18H2,1H3,(H,19,20);1H. The van der Waals surface area contributed by atoms with Gasteiger partial charge in [-0.05, 0) is 42.5 Å². The summed E-state index contributed by atoms with van der Waals surface area (Å²) in [4.78, 5) is 12.4. The van der Waals surface area contributed by atoms with Crippen LogP contribution in [-0.2, 0) is 21.3 Å². The van der Waals surface area contributed by atoms with Gasteiger partial charge in [-0.15, -0.1) is 12.4 Å². The van der Waals surface area contributed by atoms with Gasteiger partial charge in [0, 0.05) is 34.9 Å². The van der Waals surface area contributed by atoms with Crippen molar-refractivity contribution in [1.29, 1.82) is 0 Å². The molecule has 6 heteroatoms. The second-order valence-corrected chi connectivity index (χ2v) is 7.84. The van der Waals surface area contributed by atoms with E-state index in [0.29, 0.717) is 18.7 Å². The molecule has 0 aromatic heterocycles. The van der Waals surface area contributed by atoms with E-state index in [0.717, 1.165) is 24.1 Å². The quantitative estimate of drug-likeness (QED) is 0.820. The molecule has 1 atom stereocenters. The SMILES string of the molecule is CS(=O)Cc1cccc(NC(=O)CC2(CN)CCCCC2)c1.Cl. The third kappa shape index (κ3) is 6.24. The van der Waals surface area contributed by atoms with Crippen molar-refractivity contribution < 1.29 is 9.00 Å². The summed E-state index contributed by atoms with van der Waals surface area (Å²) in [6.45, 7) is 0.579. The highest BCUT2D eigenvalue weighted by Crippen LogP contribution is 2.38. The third-order valence-electron chi connectivity index (χ3n) is 4.46. The maximum Gasteiger partial charge on any atom is 0.224 e. The molecule has 1 aromatic rings. The van der Waals surface area contributed by atoms with E-state index >= 15 is 0 Å². The van der Waals surface area contributed by atoms with Crippen LogP contribution in [0.25, 0.3) is 0 Å². The second kappa shape index (κ2) is 9.40. The molecule has 23 heavy (non-hydrogen) atoms. The van der Waals surface area contributed by atoms with Gasteiger partial charge >= 0.3 is 0 Å². The fourth-order valence-electron chi connectivity index (χ4n) is 3.27. The number of halogens is 1. The minimum Gasteiger partial charge on any atom is -0.330 e. The maximum atomic E-state index is 12.4. The predicted molar refractivity (Wildman–Crippen MR) is 99.3 cm³/mol. The zero-order chi connectivity index (χ0) is 16.0. The first kappa shape index (κ1) is 20.1. The highest BCUT2D eigenvalue weighted by atomic mass is 35.5. The average molecular weight is 359 g/mol. The lowest BCUT2D eigenvalue weighted by Crippen LogP contribution is -2.36. The Labute approximate surface area is 147 Å². The van der Waals surface area contributed by atoms with Crippen LogP contribution in [0, 0.1) is 5.41 Å². The monoisotopic (exact) mass is 358 g/mol. The van der Waals surface area contributed by atoms with Crippen LogP contribution in [0.3, 0.4) is 0 Å². The van der Waals surface area contributed by atoms with E-state index in [1.165, 1.54) is 19.3 Å². The minimum absolute atomic E-state index is 0. The van der Waals surface area contributed by atoms with Gasteiger partial charge in [0.15, 0.2) is 0 Å². The van der Waals surface area contributed by atoms with Gasteiger partial charge in [0.25, 0.3) is 0 Å². The minimum atomic E-state index is -0.881. The highest BCUT2D eigenvalue weighted by Gasteiger charge is 2.32. The van der Waals surface area contributed by atoms with Crippen LogP contribution in [-0.4, -0.2) is 22.9 Å². The lowest BCUT2D eigenvalue weighted by atomic mass is 9.71. The molecule has 3 N–H and O–H groups in total. The highest BCUT2D eigenvalue weighted by molar-refractivity contribution is 7.83. The Kier molecular flexibility index (Phi) is 8.23. The molecule has 1 saturated carbocycles. The molecule has 1 aromatic carbocycles. The molecule has 2 rings (SSSR count). The van der Waals surface area contributed by atoms with Crippen molar-refractivity contribution >= 4 is 34.8 Å². The predicted octanol–water partition coefficient (Wildman–Crippen LogP) is 3.22. The number of hydrogen-bond acceptors (Lipinski definition) is 3. The molecule has 0 radical (unpaired) electrons. The normalized spacial score (nSPS) is 17.8. The number of benzene rings is 1. The number of carbonyl (C=O) groups excluding carboxylic acids is 1. The summed E-state index contributed by atoms with van der Waals surface area (Å²) in [5.74, 6) is 0.540. The van der Waals surface area contributed by atoms with Gasteiger partial charge in [0.05, 0.1) is 0 Å². The first-order valence-corrected chi connectivity index (χ1v) is 9.65. The van der Waals surface area contributed by atoms with E-state index in [1.807, 2.05) is 24.3 Å². The summed E-state index contributed by atoms with van der Waals surface area (Å²) >= 11 is 0. The molecule has 130 valence electrons. The van der Waals surface area contributed by atoms with Crippen LogP contribution in [0.2, 0.25) is 0 Å². The van der Waals surface area contributed by atoms with Gasteiger partial charge in [-0.3, -0.25) is 9.00 Å². The molecule has 0 bridgehead atoms. The molecular formula is C17H27ClN2O2S. The van der Waals surface area contributed by atoms with Gasteiger partial charge in [-0.1, -0.05) is 31.4 Å². The van der Waals surface area contributed by atoms with Crippen molar-refractivity contribution in [2.24, 2.45) is 11.1 Å². The van der Waals surface area contributed by atoms with E-state index in [4.69, 9.17) is 5.73 Å². The first-order valence-electron chi connectivity index (χ1n) is 7.92. The maximum absolute atomic E-state index is 12.4. The number of rotatable bonds is 6. The van der Waals surface area contributed by atoms with Crippen LogP contribution >= 0.6 is 12.4 Å². The van der Waals surface area contributed by atoms with E-state index in [1.54, 1.807) is 6.26 Å². The van der Waals surface area contributed by atoms with Crippen LogP contribution < -0.4 is 11.1 Å². The zero-order valence-corrected chi connectivity index (χ0v) is 15.3. The van der Waals surface area contributed by atoms with Crippen molar-refractivity contribution in [3.63, 3.8) is 0 Å². The number of amides is 1. The lowest BCUT2D eigenvalue weighted by Gasteiger charge is -2.35. The summed E-state index contributed by atoms with van der Waals surface area (Å²) in [7, 11) is -0.881. The Morgan fingerprint density at radius 2 is 2.00 bits per heavy atom. The third-order valence-corrected chi connectivity index (χ3v) is 5.20. The number of carbonyl (C=O) groups is 1. The van der Waals surface area contributed by atoms with Crippen LogP contribution in [0.4, 0.5) is 5.69 Å². The second-order valence-electron chi connectivity index (χ2n) is 6.41. The summed E-state index contributed by atoms with van der Waals surface area (Å²) in [6.07, 6.45) is 7.86. The Bertz CT molecular complexity index is 545. The molecular weight excluding hydrogens is 332 g/mol. The molecule has 1 aliphatic rings. The van der Waals surface area contributed by atoms with E-state index in [2.05, 4.69) is 5.32 Å². The first-order chi connectivity index (χ1) is 10.5. The zero-order valence-electron chi connectivity index (χ0n) is 13.7. The van der Waals surface area contributed by atoms with Crippen molar-refractivity contribution in [3.05, 3.63) is 29.8 Å². The van der Waals surface area contributed by atoms with E-state index in [-0.39, 0.29) is 23.7 Å². The number of nitrogens with two attached hydrogens (primary N) is 1. The van der Waals surface area contributed by atoms with Gasteiger partial charge in [0.1, 0.15) is 0 Å². The lowest BCUT2D eigenvalue weighted by molar-refractivity contribution is -0.118. The molecule has 4 nitrogen and oxygen atoms in total. The fourth-order valence-corrected chi connectivity index (χ4v) is 3.92. The van der Waals surface area contributed by atoms with Crippen LogP contribution in [0.1, 0.15) is 44.1 Å². The van der Waals surface area contributed by atoms with Gasteiger partial charge in [-0.2, -0.15) is 0 Å². The van der Waals surface area contributed by atoms with Crippen LogP contribution in [0.5, 0.6) is 0 Å². The van der Waals surface area contributed by atoms with Crippen molar-refractivity contribution in [3.8, 4) is 0 Å². The Hall–Kier alpha value is -0.910. The molecule has 1 amide bonds. The molecule has 0 aliphatic heterocycles. The average Bonchev–Trinajstić information content (AvgIpc) is 2.47. The number of anilines is 1. The van der Waals surface area contributed by atoms with Gasteiger partial charge < -0.3 is 11.1 Å². The number of hydrogen-bond donors (Lipinski definition) is 2. The van der Waals surface area contributed by atoms with Gasteiger partial charge in [0.2, 0.25) is 5.91 Å². The molecule has 1 unspecified atom stereocenters. The Morgan fingerprint density at radius 1 is 1.30 bits per heavy atom. The van der Waals surface area contributed by atoms with Gasteiger partial charge in [-0.25, -0.2) is 0 Å². The topological polar surface area (TPSA) is 72.2 Å². The Morgan fingerprint density at radius 3 is 2.61 bits per heavy atom. The fraction of sp³-hybridized carbons (Fsp3) is 0.588. The summed E-state index contributed by atoms with van der Waals surface area (Å²) in [5, 5.41) is 2.97. The molecule has 0 saturated heterocycles. The van der Waals surface area contributed by atoms with E-state index < -0.39 is 10.8 Å². The summed E-state index contributed by atoms with van der Waals surface area (Å²) in [5.41, 5.74) is 7.67. The molecule has 1 fully saturated rings. The number of nitrogens with one attached hydrogen (secondary N) is 1. The molecule has 0 spiro atoms. The molecule has 1 aliphatic carbocycles. The smallest absolute Gasteiger partial charge is 0.224 e. The molecule has 0 heterocycles. The van der Waals surface area contributed by atoms with Crippen molar-refractivity contribution in [2.75, 3.05) is 18.1 Å². The largest absolute Gasteiger partial charge is 0.330 e. The van der Waals surface area contributed by atoms with Crippen molar-refractivity contribution in [2.45, 2.75) is 44.3 Å². The van der Waals surface area contributed by atoms with Crippen molar-refractivity contribution in [1.82, 2.24) is 0 Å². The summed E-state index contributed by atoms with van der Waals surface area (Å²) < 4.78 is 11.3. The van der Waals surface area contributed by atoms with Crippen LogP contribution in [0.15, 0.2) is 24.3 Å².